The van der Waals surface area contributed by atoms with Crippen molar-refractivity contribution in [2.24, 2.45) is 10.7 Å². The molecule has 1 aromatic carbocycles. The van der Waals surface area contributed by atoms with Crippen molar-refractivity contribution in [3.63, 3.8) is 0 Å². The normalized spacial score (nSPS) is 23.2. The van der Waals surface area contributed by atoms with E-state index in [0.29, 0.717) is 6.61 Å². The maximum Gasteiger partial charge on any atom is 0.573 e. The van der Waals surface area contributed by atoms with Gasteiger partial charge in [-0.15, -0.1) is 13.2 Å². The van der Waals surface area contributed by atoms with E-state index in [1.54, 1.807) is 6.07 Å². The summed E-state index contributed by atoms with van der Waals surface area (Å²) in [7, 11) is 0. The third-order valence-corrected chi connectivity index (χ3v) is 4.37. The van der Waals surface area contributed by atoms with Crippen LogP contribution in [0.4, 0.5) is 18.9 Å². The Labute approximate surface area is 149 Å². The Hall–Kier alpha value is -2.00. The first kappa shape index (κ1) is 18.8. The predicted molar refractivity (Wildman–Crippen MR) is 89.9 cm³/mol. The zero-order valence-corrected chi connectivity index (χ0v) is 14.2. The zero-order valence-electron chi connectivity index (χ0n) is 14.2. The summed E-state index contributed by atoms with van der Waals surface area (Å²) in [6.07, 6.45) is 0.105. The van der Waals surface area contributed by atoms with E-state index in [1.165, 1.54) is 24.6 Å². The number of nitrogens with two attached hydrogens (primary N) is 1. The summed E-state index contributed by atoms with van der Waals surface area (Å²) in [6.45, 7) is 0.702. The first-order valence-corrected chi connectivity index (χ1v) is 8.59. The second kappa shape index (κ2) is 7.71. The predicted octanol–water partition coefficient (Wildman–Crippen LogP) is 3.39. The number of hydrogen-bond donors (Lipinski definition) is 2. The van der Waals surface area contributed by atoms with Crippen molar-refractivity contribution < 1.29 is 27.4 Å². The van der Waals surface area contributed by atoms with E-state index in [4.69, 9.17) is 15.2 Å². The summed E-state index contributed by atoms with van der Waals surface area (Å²) < 4.78 is 53.1. The maximum absolute atomic E-state index is 12.4. The molecule has 0 amide bonds. The summed E-state index contributed by atoms with van der Waals surface area (Å²) in [6, 6.07) is 5.63. The Balaban J connectivity index is 1.56. The molecule has 2 aliphatic rings. The molecule has 26 heavy (non-hydrogen) atoms. The molecular formula is C17H22F3N3O3. The highest BCUT2D eigenvalue weighted by atomic mass is 19.4. The van der Waals surface area contributed by atoms with Crippen molar-refractivity contribution in [1.29, 1.82) is 0 Å². The highest BCUT2D eigenvalue weighted by Gasteiger charge is 2.42. The van der Waals surface area contributed by atoms with Gasteiger partial charge in [0.2, 0.25) is 0 Å². The molecule has 1 saturated carbocycles. The van der Waals surface area contributed by atoms with Crippen molar-refractivity contribution >= 4 is 11.6 Å². The minimum Gasteiger partial charge on any atom is -0.404 e. The molecule has 144 valence electrons. The van der Waals surface area contributed by atoms with Gasteiger partial charge in [0.25, 0.3) is 0 Å². The molecule has 1 saturated heterocycles. The first-order chi connectivity index (χ1) is 12.4. The fraction of sp³-hybridized carbons (Fsp3) is 0.588. The minimum atomic E-state index is -4.78. The molecule has 1 aromatic rings. The Morgan fingerprint density at radius 1 is 1.27 bits per heavy atom. The summed E-state index contributed by atoms with van der Waals surface area (Å²) in [4.78, 5) is 4.16. The van der Waals surface area contributed by atoms with Gasteiger partial charge in [-0.25, -0.2) is 0 Å². The van der Waals surface area contributed by atoms with Gasteiger partial charge in [-0.3, -0.25) is 4.99 Å². The number of rotatable bonds is 4. The van der Waals surface area contributed by atoms with Crippen molar-refractivity contribution in [3.05, 3.63) is 24.3 Å². The lowest BCUT2D eigenvalue weighted by Gasteiger charge is -2.31. The maximum atomic E-state index is 12.4. The Morgan fingerprint density at radius 3 is 2.73 bits per heavy atom. The van der Waals surface area contributed by atoms with Crippen LogP contribution >= 0.6 is 0 Å². The molecule has 9 heteroatoms. The molecule has 6 nitrogen and oxygen atoms in total. The van der Waals surface area contributed by atoms with Gasteiger partial charge in [0.1, 0.15) is 6.10 Å². The second-order valence-electron chi connectivity index (χ2n) is 6.42. The Kier molecular flexibility index (Phi) is 5.57. The standard InChI is InChI=1S/C17H22F3N3O3/c18-17(19,20)26-14-7-3-2-6-13(14)23-15(21)22-10-12-11-24-16(25-12)8-4-1-5-9-16/h2-3,6-7,12H,1,4-5,8-11H2,(H3,21,22,23). The molecule has 0 aromatic heterocycles. The van der Waals surface area contributed by atoms with Crippen molar-refractivity contribution in [1.82, 2.24) is 0 Å². The van der Waals surface area contributed by atoms with Crippen LogP contribution in [0, 0.1) is 0 Å². The molecule has 1 heterocycles. The van der Waals surface area contributed by atoms with Crippen molar-refractivity contribution in [2.45, 2.75) is 50.4 Å². The van der Waals surface area contributed by atoms with E-state index in [9.17, 15) is 13.2 Å². The summed E-state index contributed by atoms with van der Waals surface area (Å²) in [5.74, 6) is -0.885. The molecule has 1 spiro atoms. The van der Waals surface area contributed by atoms with Crippen LogP contribution in [0.3, 0.4) is 0 Å². The number of nitrogens with one attached hydrogen (secondary N) is 1. The molecule has 2 fully saturated rings. The van der Waals surface area contributed by atoms with E-state index < -0.39 is 12.1 Å². The number of alkyl halides is 3. The highest BCUT2D eigenvalue weighted by molar-refractivity contribution is 5.93. The largest absolute Gasteiger partial charge is 0.573 e. The number of nitrogens with zero attached hydrogens (tertiary/aromatic N) is 1. The van der Waals surface area contributed by atoms with Crippen LogP contribution in [0.25, 0.3) is 0 Å². The second-order valence-corrected chi connectivity index (χ2v) is 6.42. The highest BCUT2D eigenvalue weighted by Crippen LogP contribution is 2.37. The first-order valence-electron chi connectivity index (χ1n) is 8.59. The van der Waals surface area contributed by atoms with E-state index in [1.807, 2.05) is 0 Å². The van der Waals surface area contributed by atoms with Crippen LogP contribution < -0.4 is 15.8 Å². The number of anilines is 1. The average Bonchev–Trinajstić information content (AvgIpc) is 2.97. The van der Waals surface area contributed by atoms with Crippen LogP contribution in [0.2, 0.25) is 0 Å². The molecule has 1 unspecified atom stereocenters. The number of para-hydroxylation sites is 2. The quantitative estimate of drug-likeness (QED) is 0.625. The van der Waals surface area contributed by atoms with Gasteiger partial charge in [-0.1, -0.05) is 18.6 Å². The molecule has 3 rings (SSSR count). The Morgan fingerprint density at radius 2 is 2.00 bits per heavy atom. The molecule has 0 bridgehead atoms. The molecule has 0 radical (unpaired) electrons. The van der Waals surface area contributed by atoms with Gasteiger partial charge in [-0.05, 0) is 25.0 Å². The van der Waals surface area contributed by atoms with Gasteiger partial charge in [0, 0.05) is 12.8 Å². The number of guanidine groups is 1. The number of benzene rings is 1. The van der Waals surface area contributed by atoms with E-state index in [2.05, 4.69) is 15.0 Å². The minimum absolute atomic E-state index is 0.0172. The van der Waals surface area contributed by atoms with Crippen molar-refractivity contribution in [2.75, 3.05) is 18.5 Å². The summed E-state index contributed by atoms with van der Waals surface area (Å²) in [5, 5.41) is 2.63. The smallest absolute Gasteiger partial charge is 0.404 e. The lowest BCUT2D eigenvalue weighted by molar-refractivity contribution is -0.274. The SMILES string of the molecule is NC(=NCC1COC2(CCCCC2)O1)Nc1ccccc1OC(F)(F)F. The number of aliphatic imine (C=N–C) groups is 1. The van der Waals surface area contributed by atoms with Crippen molar-refractivity contribution in [3.8, 4) is 5.75 Å². The molecule has 1 aliphatic heterocycles. The van der Waals surface area contributed by atoms with E-state index in [0.717, 1.165) is 25.7 Å². The number of halogens is 3. The van der Waals surface area contributed by atoms with Crippen LogP contribution in [0.1, 0.15) is 32.1 Å². The van der Waals surface area contributed by atoms with Gasteiger partial charge in [-0.2, -0.15) is 0 Å². The van der Waals surface area contributed by atoms with Crippen LogP contribution in [0.15, 0.2) is 29.3 Å². The van der Waals surface area contributed by atoms with Gasteiger partial charge in [0.05, 0.1) is 18.8 Å². The Bertz CT molecular complexity index is 646. The van der Waals surface area contributed by atoms with Crippen LogP contribution in [-0.4, -0.2) is 37.4 Å². The number of ether oxygens (including phenoxy) is 3. The zero-order chi connectivity index (χ0) is 18.6. The third kappa shape index (κ3) is 5.01. The summed E-state index contributed by atoms with van der Waals surface area (Å²) in [5.41, 5.74) is 5.87. The summed E-state index contributed by atoms with van der Waals surface area (Å²) >= 11 is 0. The molecule has 1 atom stereocenters. The van der Waals surface area contributed by atoms with Crippen LogP contribution in [-0.2, 0) is 9.47 Å². The molecule has 1 aliphatic carbocycles. The van der Waals surface area contributed by atoms with Gasteiger partial charge >= 0.3 is 6.36 Å². The fourth-order valence-corrected chi connectivity index (χ4v) is 3.22. The van der Waals surface area contributed by atoms with E-state index in [-0.39, 0.29) is 30.0 Å². The number of hydrogen-bond acceptors (Lipinski definition) is 4. The fourth-order valence-electron chi connectivity index (χ4n) is 3.22. The van der Waals surface area contributed by atoms with Gasteiger partial charge < -0.3 is 25.3 Å². The van der Waals surface area contributed by atoms with Crippen LogP contribution in [0.5, 0.6) is 5.75 Å². The van der Waals surface area contributed by atoms with E-state index >= 15 is 0 Å². The lowest BCUT2D eigenvalue weighted by Crippen LogP contribution is -2.34. The van der Waals surface area contributed by atoms with Gasteiger partial charge in [0.15, 0.2) is 17.5 Å². The topological polar surface area (TPSA) is 78.1 Å². The average molecular weight is 373 g/mol. The third-order valence-electron chi connectivity index (χ3n) is 4.37. The monoisotopic (exact) mass is 373 g/mol. The lowest BCUT2D eigenvalue weighted by atomic mass is 9.94. The molecule has 3 N–H and O–H groups in total. The molecular weight excluding hydrogens is 351 g/mol.